The van der Waals surface area contributed by atoms with Gasteiger partial charge in [-0.15, -0.1) is 11.3 Å². The Morgan fingerprint density at radius 3 is 2.96 bits per heavy atom. The largest absolute Gasteiger partial charge is 0.472 e. The summed E-state index contributed by atoms with van der Waals surface area (Å²) < 4.78 is 11.0. The third kappa shape index (κ3) is 2.81. The van der Waals surface area contributed by atoms with E-state index in [0.717, 1.165) is 61.8 Å². The number of hydrogen-bond donors (Lipinski definition) is 1. The third-order valence-corrected chi connectivity index (χ3v) is 6.54. The van der Waals surface area contributed by atoms with Gasteiger partial charge in [-0.3, -0.25) is 4.90 Å². The fourth-order valence-electron chi connectivity index (χ4n) is 4.07. The Morgan fingerprint density at radius 1 is 1.46 bits per heavy atom. The number of thiazole rings is 1. The summed E-state index contributed by atoms with van der Waals surface area (Å²) >= 11 is 1.66. The van der Waals surface area contributed by atoms with Crippen LogP contribution in [0.15, 0.2) is 28.4 Å². The first-order valence-corrected chi connectivity index (χ1v) is 9.58. The van der Waals surface area contributed by atoms with Gasteiger partial charge < -0.3 is 14.3 Å². The molecule has 4 rings (SSSR count). The first-order valence-electron chi connectivity index (χ1n) is 8.70. The SMILES string of the molecule is CCOC1CC(O)C12CCN(Cc1csc(-c3ccoc3)n1)CC2. The Kier molecular flexibility index (Phi) is 4.47. The molecule has 0 radical (unpaired) electrons. The van der Waals surface area contributed by atoms with Gasteiger partial charge in [0.2, 0.25) is 0 Å². The summed E-state index contributed by atoms with van der Waals surface area (Å²) in [5.74, 6) is 0. The minimum atomic E-state index is -0.192. The maximum Gasteiger partial charge on any atom is 0.126 e. The van der Waals surface area contributed by atoms with Crippen LogP contribution in [-0.2, 0) is 11.3 Å². The molecule has 6 heteroatoms. The number of furan rings is 1. The molecule has 5 nitrogen and oxygen atoms in total. The molecule has 0 amide bonds. The van der Waals surface area contributed by atoms with Crippen molar-refractivity contribution in [3.63, 3.8) is 0 Å². The molecule has 0 aromatic carbocycles. The van der Waals surface area contributed by atoms with Gasteiger partial charge in [0.25, 0.3) is 0 Å². The lowest BCUT2D eigenvalue weighted by Gasteiger charge is -2.56. The minimum absolute atomic E-state index is 0.00343. The number of piperidine rings is 1. The van der Waals surface area contributed by atoms with E-state index in [2.05, 4.69) is 10.3 Å². The summed E-state index contributed by atoms with van der Waals surface area (Å²) in [5, 5.41) is 13.4. The Bertz CT molecular complexity index is 660. The second kappa shape index (κ2) is 6.59. The smallest absolute Gasteiger partial charge is 0.126 e. The van der Waals surface area contributed by atoms with Gasteiger partial charge in [-0.2, -0.15) is 0 Å². The fourth-order valence-corrected chi connectivity index (χ4v) is 4.87. The molecule has 24 heavy (non-hydrogen) atoms. The zero-order valence-corrected chi connectivity index (χ0v) is 14.8. The average Bonchev–Trinajstić information content (AvgIpc) is 3.27. The molecule has 2 aromatic rings. The Hall–Kier alpha value is -1.21. The number of likely N-dealkylation sites (tertiary alicyclic amines) is 1. The molecule has 0 bridgehead atoms. The Balaban J connectivity index is 1.35. The quantitative estimate of drug-likeness (QED) is 0.899. The van der Waals surface area contributed by atoms with Crippen molar-refractivity contribution in [1.82, 2.24) is 9.88 Å². The van der Waals surface area contributed by atoms with Crippen molar-refractivity contribution in [2.75, 3.05) is 19.7 Å². The van der Waals surface area contributed by atoms with Crippen molar-refractivity contribution in [3.8, 4) is 10.6 Å². The van der Waals surface area contributed by atoms with Crippen LogP contribution in [0.25, 0.3) is 10.6 Å². The van der Waals surface area contributed by atoms with Crippen molar-refractivity contribution in [2.24, 2.45) is 5.41 Å². The van der Waals surface area contributed by atoms with Crippen molar-refractivity contribution in [3.05, 3.63) is 29.7 Å². The molecule has 2 aliphatic rings. The number of hydrogen-bond acceptors (Lipinski definition) is 6. The predicted molar refractivity (Wildman–Crippen MR) is 92.8 cm³/mol. The van der Waals surface area contributed by atoms with Gasteiger partial charge in [-0.25, -0.2) is 4.98 Å². The number of aliphatic hydroxyl groups is 1. The molecule has 2 aromatic heterocycles. The highest BCUT2D eigenvalue weighted by Gasteiger charge is 2.55. The van der Waals surface area contributed by atoms with E-state index in [1.807, 2.05) is 13.0 Å². The van der Waals surface area contributed by atoms with Gasteiger partial charge >= 0.3 is 0 Å². The summed E-state index contributed by atoms with van der Waals surface area (Å²) in [7, 11) is 0. The first kappa shape index (κ1) is 16.3. The summed E-state index contributed by atoms with van der Waals surface area (Å²) in [6.45, 7) is 5.64. The topological polar surface area (TPSA) is 58.7 Å². The zero-order valence-electron chi connectivity index (χ0n) is 14.0. The molecule has 130 valence electrons. The van der Waals surface area contributed by atoms with Crippen LogP contribution in [0.4, 0.5) is 0 Å². The maximum atomic E-state index is 10.3. The van der Waals surface area contributed by atoms with E-state index in [-0.39, 0.29) is 17.6 Å². The van der Waals surface area contributed by atoms with Crippen molar-refractivity contribution in [2.45, 2.75) is 44.9 Å². The summed E-state index contributed by atoms with van der Waals surface area (Å²) in [6.07, 6.45) is 6.29. The van der Waals surface area contributed by atoms with Crippen LogP contribution in [0.3, 0.4) is 0 Å². The molecular formula is C18H24N2O3S. The average molecular weight is 348 g/mol. The van der Waals surface area contributed by atoms with Gasteiger partial charge in [0.15, 0.2) is 0 Å². The second-order valence-corrected chi connectivity index (χ2v) is 7.72. The Morgan fingerprint density at radius 2 is 2.29 bits per heavy atom. The second-order valence-electron chi connectivity index (χ2n) is 6.86. The van der Waals surface area contributed by atoms with Crippen molar-refractivity contribution >= 4 is 11.3 Å². The van der Waals surface area contributed by atoms with E-state index in [1.165, 1.54) is 0 Å². The lowest BCUT2D eigenvalue weighted by Crippen LogP contribution is -2.62. The molecule has 1 aliphatic carbocycles. The van der Waals surface area contributed by atoms with E-state index in [9.17, 15) is 5.11 Å². The standard InChI is InChI=1S/C18H24N2O3S/c1-2-23-16-9-15(21)18(16)4-6-20(7-5-18)10-14-12-24-17(19-14)13-3-8-22-11-13/h3,8,11-12,15-16,21H,2,4-7,9-10H2,1H3. The molecule has 1 N–H and O–H groups in total. The number of ether oxygens (including phenoxy) is 1. The summed E-state index contributed by atoms with van der Waals surface area (Å²) in [6, 6.07) is 1.94. The fraction of sp³-hybridized carbons (Fsp3) is 0.611. The Labute approximate surface area is 146 Å². The molecule has 2 fully saturated rings. The monoisotopic (exact) mass is 348 g/mol. The minimum Gasteiger partial charge on any atom is -0.472 e. The number of rotatable bonds is 5. The number of aromatic nitrogens is 1. The van der Waals surface area contributed by atoms with E-state index >= 15 is 0 Å². The van der Waals surface area contributed by atoms with Gasteiger partial charge in [-0.05, 0) is 38.9 Å². The highest BCUT2D eigenvalue weighted by atomic mass is 32.1. The molecule has 1 aliphatic heterocycles. The molecule has 2 atom stereocenters. The lowest BCUT2D eigenvalue weighted by atomic mass is 9.58. The summed E-state index contributed by atoms with van der Waals surface area (Å²) in [4.78, 5) is 7.16. The molecule has 1 saturated heterocycles. The zero-order chi connectivity index (χ0) is 16.6. The molecule has 3 heterocycles. The maximum absolute atomic E-state index is 10.3. The van der Waals surface area contributed by atoms with Crippen LogP contribution >= 0.6 is 11.3 Å². The third-order valence-electron chi connectivity index (χ3n) is 5.60. The van der Waals surface area contributed by atoms with Crippen LogP contribution < -0.4 is 0 Å². The molecule has 1 spiro atoms. The molecule has 2 unspecified atom stereocenters. The van der Waals surface area contributed by atoms with Crippen LogP contribution in [0.1, 0.15) is 31.9 Å². The molecule has 1 saturated carbocycles. The normalized spacial score (nSPS) is 26.6. The first-order chi connectivity index (χ1) is 11.7. The van der Waals surface area contributed by atoms with Crippen LogP contribution in [0.5, 0.6) is 0 Å². The van der Waals surface area contributed by atoms with Crippen LogP contribution in [0.2, 0.25) is 0 Å². The number of aliphatic hydroxyl groups excluding tert-OH is 1. The van der Waals surface area contributed by atoms with Gasteiger partial charge in [0, 0.05) is 35.9 Å². The van der Waals surface area contributed by atoms with Gasteiger partial charge in [0.05, 0.1) is 24.2 Å². The highest BCUT2D eigenvalue weighted by Crippen LogP contribution is 2.51. The van der Waals surface area contributed by atoms with E-state index < -0.39 is 0 Å². The highest BCUT2D eigenvalue weighted by molar-refractivity contribution is 7.13. The summed E-state index contributed by atoms with van der Waals surface area (Å²) in [5.41, 5.74) is 2.15. The van der Waals surface area contributed by atoms with E-state index in [4.69, 9.17) is 14.1 Å². The van der Waals surface area contributed by atoms with E-state index in [1.54, 1.807) is 23.9 Å². The van der Waals surface area contributed by atoms with Crippen LogP contribution in [0, 0.1) is 5.41 Å². The lowest BCUT2D eigenvalue weighted by molar-refractivity contribution is -0.209. The van der Waals surface area contributed by atoms with Gasteiger partial charge in [-0.1, -0.05) is 0 Å². The van der Waals surface area contributed by atoms with Crippen LogP contribution in [-0.4, -0.2) is 46.9 Å². The van der Waals surface area contributed by atoms with Crippen molar-refractivity contribution in [1.29, 1.82) is 0 Å². The van der Waals surface area contributed by atoms with Crippen molar-refractivity contribution < 1.29 is 14.3 Å². The van der Waals surface area contributed by atoms with E-state index in [0.29, 0.717) is 0 Å². The number of nitrogens with zero attached hydrogens (tertiary/aromatic N) is 2. The van der Waals surface area contributed by atoms with Gasteiger partial charge in [0.1, 0.15) is 11.3 Å². The predicted octanol–water partition coefficient (Wildman–Crippen LogP) is 3.16. The molecular weight excluding hydrogens is 324 g/mol.